The quantitative estimate of drug-likeness (QED) is 0.787. The maximum absolute atomic E-state index is 12.6. The number of aliphatic imine (C=N–C) groups is 1. The molecule has 1 rings (SSSR count). The van der Waals surface area contributed by atoms with E-state index in [4.69, 9.17) is 11.6 Å². The SMILES string of the molecule is CC(NCCC(F)(F)CF)C1C=CC(Cl)=NC1. The standard InChI is InChI=1S/C11H16ClF3N2/c1-8(9-2-3-10(12)17-6-9)16-5-4-11(14,15)7-13/h2-3,8-9,16H,4-7H2,1H3. The Labute approximate surface area is 104 Å². The third-order valence-electron chi connectivity index (χ3n) is 2.73. The average Bonchev–Trinajstić information content (AvgIpc) is 2.29. The molecule has 0 aromatic heterocycles. The molecule has 0 spiro atoms. The number of dihydropyridines is 1. The van der Waals surface area contributed by atoms with E-state index in [0.717, 1.165) is 0 Å². The van der Waals surface area contributed by atoms with Gasteiger partial charge in [0, 0.05) is 31.5 Å². The van der Waals surface area contributed by atoms with Crippen LogP contribution in [0.2, 0.25) is 0 Å². The highest BCUT2D eigenvalue weighted by Gasteiger charge is 2.28. The number of alkyl halides is 3. The predicted octanol–water partition coefficient (Wildman–Crippen LogP) is 2.78. The van der Waals surface area contributed by atoms with Gasteiger partial charge in [-0.15, -0.1) is 0 Å². The lowest BCUT2D eigenvalue weighted by Gasteiger charge is -2.23. The maximum atomic E-state index is 12.6. The summed E-state index contributed by atoms with van der Waals surface area (Å²) in [4.78, 5) is 4.05. The Morgan fingerprint density at radius 1 is 1.65 bits per heavy atom. The van der Waals surface area contributed by atoms with Gasteiger partial charge in [0.15, 0.2) is 6.67 Å². The van der Waals surface area contributed by atoms with Gasteiger partial charge < -0.3 is 5.32 Å². The van der Waals surface area contributed by atoms with Gasteiger partial charge in [0.2, 0.25) is 0 Å². The molecule has 2 atom stereocenters. The Balaban J connectivity index is 2.27. The summed E-state index contributed by atoms with van der Waals surface area (Å²) in [6.45, 7) is 0.909. The summed E-state index contributed by atoms with van der Waals surface area (Å²) in [5.41, 5.74) is 0. The minimum Gasteiger partial charge on any atom is -0.313 e. The molecule has 0 aromatic carbocycles. The average molecular weight is 269 g/mol. The number of hydrogen-bond donors (Lipinski definition) is 1. The van der Waals surface area contributed by atoms with Gasteiger partial charge >= 0.3 is 0 Å². The van der Waals surface area contributed by atoms with Crippen LogP contribution in [-0.4, -0.2) is 36.9 Å². The molecule has 0 aromatic rings. The zero-order chi connectivity index (χ0) is 12.9. The van der Waals surface area contributed by atoms with Crippen molar-refractivity contribution >= 4 is 16.8 Å². The van der Waals surface area contributed by atoms with E-state index in [9.17, 15) is 13.2 Å². The fraction of sp³-hybridized carbons (Fsp3) is 0.727. The lowest BCUT2D eigenvalue weighted by atomic mass is 9.99. The summed E-state index contributed by atoms with van der Waals surface area (Å²) in [5.74, 6) is -3.09. The van der Waals surface area contributed by atoms with Crippen molar-refractivity contribution in [2.75, 3.05) is 19.8 Å². The molecule has 0 saturated heterocycles. The molecule has 98 valence electrons. The molecule has 1 N–H and O–H groups in total. The van der Waals surface area contributed by atoms with Gasteiger partial charge in [-0.2, -0.15) is 0 Å². The Kier molecular flexibility index (Phi) is 5.46. The molecule has 2 nitrogen and oxygen atoms in total. The summed E-state index contributed by atoms with van der Waals surface area (Å²) in [5, 5.41) is 3.40. The number of halogens is 4. The second-order valence-corrected chi connectivity index (χ2v) is 4.56. The minimum atomic E-state index is -3.23. The smallest absolute Gasteiger partial charge is 0.277 e. The van der Waals surface area contributed by atoms with Gasteiger partial charge in [-0.05, 0) is 13.0 Å². The number of rotatable bonds is 6. The van der Waals surface area contributed by atoms with Gasteiger partial charge in [-0.25, -0.2) is 13.2 Å². The van der Waals surface area contributed by atoms with E-state index in [2.05, 4.69) is 10.3 Å². The van der Waals surface area contributed by atoms with Crippen molar-refractivity contribution in [3.63, 3.8) is 0 Å². The fourth-order valence-electron chi connectivity index (χ4n) is 1.53. The van der Waals surface area contributed by atoms with E-state index < -0.39 is 19.0 Å². The molecule has 0 bridgehead atoms. The molecule has 2 unspecified atom stereocenters. The highest BCUT2D eigenvalue weighted by molar-refractivity contribution is 6.68. The molecule has 0 amide bonds. The van der Waals surface area contributed by atoms with Gasteiger partial charge in [-0.3, -0.25) is 4.99 Å². The topological polar surface area (TPSA) is 24.4 Å². The van der Waals surface area contributed by atoms with Crippen LogP contribution in [0.1, 0.15) is 13.3 Å². The monoisotopic (exact) mass is 268 g/mol. The summed E-state index contributed by atoms with van der Waals surface area (Å²) in [6, 6.07) is 0.00942. The van der Waals surface area contributed by atoms with E-state index in [1.54, 1.807) is 6.08 Å². The third-order valence-corrected chi connectivity index (χ3v) is 2.97. The van der Waals surface area contributed by atoms with E-state index in [1.807, 2.05) is 13.0 Å². The maximum Gasteiger partial charge on any atom is 0.277 e. The minimum absolute atomic E-state index is 0.00942. The van der Waals surface area contributed by atoms with Crippen LogP contribution >= 0.6 is 11.6 Å². The Morgan fingerprint density at radius 2 is 2.35 bits per heavy atom. The zero-order valence-corrected chi connectivity index (χ0v) is 10.4. The van der Waals surface area contributed by atoms with Crippen molar-refractivity contribution in [1.29, 1.82) is 0 Å². The van der Waals surface area contributed by atoms with Crippen molar-refractivity contribution in [2.24, 2.45) is 10.9 Å². The summed E-state index contributed by atoms with van der Waals surface area (Å²) < 4.78 is 37.1. The van der Waals surface area contributed by atoms with E-state index in [0.29, 0.717) is 11.7 Å². The molecule has 0 radical (unpaired) electrons. The summed E-state index contributed by atoms with van der Waals surface area (Å²) in [7, 11) is 0. The first-order valence-electron chi connectivity index (χ1n) is 5.50. The third kappa shape index (κ3) is 5.08. The van der Waals surface area contributed by atoms with Crippen LogP contribution in [-0.2, 0) is 0 Å². The van der Waals surface area contributed by atoms with Crippen molar-refractivity contribution in [2.45, 2.75) is 25.3 Å². The molecule has 1 heterocycles. The van der Waals surface area contributed by atoms with Crippen LogP contribution in [0.15, 0.2) is 17.1 Å². The van der Waals surface area contributed by atoms with E-state index in [-0.39, 0.29) is 18.5 Å². The second kappa shape index (κ2) is 6.40. The molecule has 0 aliphatic carbocycles. The molecule has 1 aliphatic heterocycles. The van der Waals surface area contributed by atoms with Crippen molar-refractivity contribution in [1.82, 2.24) is 5.32 Å². The lowest BCUT2D eigenvalue weighted by Crippen LogP contribution is -2.37. The molecular weight excluding hydrogens is 253 g/mol. The van der Waals surface area contributed by atoms with E-state index >= 15 is 0 Å². The van der Waals surface area contributed by atoms with Crippen LogP contribution in [0.25, 0.3) is 0 Å². The molecular formula is C11H16ClF3N2. The highest BCUT2D eigenvalue weighted by Crippen LogP contribution is 2.18. The van der Waals surface area contributed by atoms with E-state index in [1.165, 1.54) is 0 Å². The van der Waals surface area contributed by atoms with Crippen LogP contribution in [0.5, 0.6) is 0 Å². The number of allylic oxidation sites excluding steroid dienone is 1. The van der Waals surface area contributed by atoms with Gasteiger partial charge in [0.25, 0.3) is 5.92 Å². The molecule has 0 fully saturated rings. The van der Waals surface area contributed by atoms with Crippen LogP contribution in [0, 0.1) is 5.92 Å². The number of hydrogen-bond acceptors (Lipinski definition) is 2. The molecule has 0 saturated carbocycles. The molecule has 1 aliphatic rings. The molecule has 6 heteroatoms. The predicted molar refractivity (Wildman–Crippen MR) is 63.8 cm³/mol. The first-order valence-corrected chi connectivity index (χ1v) is 5.88. The first kappa shape index (κ1) is 14.5. The van der Waals surface area contributed by atoms with Gasteiger partial charge in [0.1, 0.15) is 5.17 Å². The molecule has 17 heavy (non-hydrogen) atoms. The lowest BCUT2D eigenvalue weighted by molar-refractivity contribution is -0.0299. The van der Waals surface area contributed by atoms with Crippen molar-refractivity contribution in [3.05, 3.63) is 12.2 Å². The van der Waals surface area contributed by atoms with Crippen LogP contribution < -0.4 is 5.32 Å². The van der Waals surface area contributed by atoms with Gasteiger partial charge in [-0.1, -0.05) is 17.7 Å². The second-order valence-electron chi connectivity index (χ2n) is 4.17. The number of nitrogens with zero attached hydrogens (tertiary/aromatic N) is 1. The van der Waals surface area contributed by atoms with Gasteiger partial charge in [0.05, 0.1) is 0 Å². The zero-order valence-electron chi connectivity index (χ0n) is 9.60. The first-order chi connectivity index (χ1) is 7.94. The van der Waals surface area contributed by atoms with Crippen molar-refractivity contribution in [3.8, 4) is 0 Å². The Bertz CT molecular complexity index is 305. The van der Waals surface area contributed by atoms with Crippen LogP contribution in [0.3, 0.4) is 0 Å². The largest absolute Gasteiger partial charge is 0.313 e. The normalized spacial score (nSPS) is 22.4. The fourth-order valence-corrected chi connectivity index (χ4v) is 1.68. The summed E-state index contributed by atoms with van der Waals surface area (Å²) >= 11 is 5.67. The van der Waals surface area contributed by atoms with Crippen molar-refractivity contribution < 1.29 is 13.2 Å². The Morgan fingerprint density at radius 3 is 2.88 bits per heavy atom. The highest BCUT2D eigenvalue weighted by atomic mass is 35.5. The summed E-state index contributed by atoms with van der Waals surface area (Å²) in [6.07, 6.45) is 3.11. The number of nitrogens with one attached hydrogen (secondary N) is 1. The van der Waals surface area contributed by atoms with Crippen LogP contribution in [0.4, 0.5) is 13.2 Å². The Hall–Kier alpha value is -0.550.